The normalized spacial score (nSPS) is 13.0. The third kappa shape index (κ3) is 6.09. The van der Waals surface area contributed by atoms with Gasteiger partial charge in [-0.25, -0.2) is 4.98 Å². The second kappa shape index (κ2) is 10.8. The molecule has 3 aromatic carbocycles. The second-order valence-electron chi connectivity index (χ2n) is 9.06. The Labute approximate surface area is 211 Å². The van der Waals surface area contributed by atoms with Crippen molar-refractivity contribution < 1.29 is 5.11 Å². The number of fused-ring (bicyclic) bond motifs is 1. The van der Waals surface area contributed by atoms with Crippen molar-refractivity contribution in [2.24, 2.45) is 0 Å². The zero-order valence-electron chi connectivity index (χ0n) is 19.8. The van der Waals surface area contributed by atoms with Crippen molar-refractivity contribution in [2.45, 2.75) is 37.5 Å². The number of aromatic nitrogens is 1. The van der Waals surface area contributed by atoms with Crippen LogP contribution in [0.1, 0.15) is 53.5 Å². The molecule has 1 atom stereocenters. The number of rotatable bonds is 8. The number of aliphatic hydroxyl groups is 1. The van der Waals surface area contributed by atoms with Crippen LogP contribution in [-0.4, -0.2) is 16.3 Å². The van der Waals surface area contributed by atoms with Crippen LogP contribution < -0.4 is 0 Å². The first-order valence-corrected chi connectivity index (χ1v) is 13.2. The quantitative estimate of drug-likeness (QED) is 0.271. The Morgan fingerprint density at radius 2 is 1.76 bits per heavy atom. The zero-order chi connectivity index (χ0) is 24.1. The highest BCUT2D eigenvalue weighted by atomic mass is 35.5. The molecule has 0 aliphatic carbocycles. The number of nitrogens with zero attached hydrogens (tertiary/aromatic N) is 1. The molecular formula is C30H30ClNOS. The average Bonchev–Trinajstić information content (AvgIpc) is 2.83. The Balaban J connectivity index is 1.50. The van der Waals surface area contributed by atoms with Crippen molar-refractivity contribution in [2.75, 3.05) is 6.26 Å². The lowest BCUT2D eigenvalue weighted by Crippen LogP contribution is -2.18. The van der Waals surface area contributed by atoms with E-state index in [0.717, 1.165) is 40.6 Å². The average molecular weight is 488 g/mol. The summed E-state index contributed by atoms with van der Waals surface area (Å²) in [7, 11) is 0. The van der Waals surface area contributed by atoms with Crippen molar-refractivity contribution in [1.82, 2.24) is 4.98 Å². The SMILES string of the molecule is CS[C@H](CCc1ccccc1C(C)(C)O)c1cccc(C=Cc2ccc3ccc(Cl)cc3n2)c1. The third-order valence-corrected chi connectivity index (χ3v) is 7.35. The maximum Gasteiger partial charge on any atom is 0.0843 e. The molecule has 34 heavy (non-hydrogen) atoms. The van der Waals surface area contributed by atoms with Crippen LogP contribution in [0.4, 0.5) is 0 Å². The summed E-state index contributed by atoms with van der Waals surface area (Å²) in [4.78, 5) is 4.72. The number of aryl methyl sites for hydroxylation is 1. The van der Waals surface area contributed by atoms with Crippen molar-refractivity contribution in [3.63, 3.8) is 0 Å². The topological polar surface area (TPSA) is 33.1 Å². The molecule has 1 N–H and O–H groups in total. The van der Waals surface area contributed by atoms with Gasteiger partial charge in [0.25, 0.3) is 0 Å². The molecule has 4 heteroatoms. The number of hydrogen-bond donors (Lipinski definition) is 1. The molecule has 0 saturated heterocycles. The van der Waals surface area contributed by atoms with Crippen molar-refractivity contribution in [3.05, 3.63) is 112 Å². The number of thioether (sulfide) groups is 1. The molecule has 1 heterocycles. The van der Waals surface area contributed by atoms with Gasteiger partial charge < -0.3 is 5.11 Å². The molecule has 1 aromatic heterocycles. The predicted molar refractivity (Wildman–Crippen MR) is 148 cm³/mol. The van der Waals surface area contributed by atoms with E-state index in [4.69, 9.17) is 16.6 Å². The Bertz CT molecular complexity index is 1310. The second-order valence-corrected chi connectivity index (χ2v) is 10.5. The van der Waals surface area contributed by atoms with Crippen LogP contribution in [0.25, 0.3) is 23.1 Å². The lowest BCUT2D eigenvalue weighted by Gasteiger charge is -2.23. The molecule has 0 unspecified atom stereocenters. The lowest BCUT2D eigenvalue weighted by atomic mass is 9.90. The number of pyridine rings is 1. The minimum atomic E-state index is -0.835. The summed E-state index contributed by atoms with van der Waals surface area (Å²) in [5.41, 5.74) is 5.67. The molecule has 0 spiro atoms. The fraction of sp³-hybridized carbons (Fsp3) is 0.233. The van der Waals surface area contributed by atoms with E-state index in [1.165, 1.54) is 11.1 Å². The summed E-state index contributed by atoms with van der Waals surface area (Å²) in [5, 5.41) is 12.7. The van der Waals surface area contributed by atoms with Crippen LogP contribution in [0.15, 0.2) is 78.9 Å². The number of benzene rings is 3. The first kappa shape index (κ1) is 24.5. The molecule has 0 aliphatic rings. The molecule has 4 rings (SSSR count). The predicted octanol–water partition coefficient (Wildman–Crippen LogP) is 8.32. The van der Waals surface area contributed by atoms with Crippen LogP contribution in [0.5, 0.6) is 0 Å². The van der Waals surface area contributed by atoms with Crippen LogP contribution in [-0.2, 0) is 12.0 Å². The van der Waals surface area contributed by atoms with Crippen LogP contribution in [0, 0.1) is 0 Å². The molecule has 0 fully saturated rings. The molecule has 0 saturated carbocycles. The smallest absolute Gasteiger partial charge is 0.0843 e. The summed E-state index contributed by atoms with van der Waals surface area (Å²) < 4.78 is 0. The summed E-state index contributed by atoms with van der Waals surface area (Å²) in [6.45, 7) is 3.71. The van der Waals surface area contributed by atoms with E-state index >= 15 is 0 Å². The van der Waals surface area contributed by atoms with Crippen molar-refractivity contribution in [3.8, 4) is 0 Å². The van der Waals surface area contributed by atoms with E-state index in [2.05, 4.69) is 54.8 Å². The van der Waals surface area contributed by atoms with Gasteiger partial charge in [0, 0.05) is 15.7 Å². The van der Waals surface area contributed by atoms with Crippen molar-refractivity contribution >= 4 is 46.4 Å². The van der Waals surface area contributed by atoms with Crippen LogP contribution >= 0.6 is 23.4 Å². The molecular weight excluding hydrogens is 458 g/mol. The summed E-state index contributed by atoms with van der Waals surface area (Å²) in [6, 6.07) is 26.8. The summed E-state index contributed by atoms with van der Waals surface area (Å²) in [6.07, 6.45) is 8.26. The molecule has 174 valence electrons. The maximum atomic E-state index is 10.5. The number of hydrogen-bond acceptors (Lipinski definition) is 3. The first-order valence-electron chi connectivity index (χ1n) is 11.5. The third-order valence-electron chi connectivity index (χ3n) is 6.04. The van der Waals surface area contributed by atoms with E-state index in [1.54, 1.807) is 0 Å². The lowest BCUT2D eigenvalue weighted by molar-refractivity contribution is 0.0776. The highest BCUT2D eigenvalue weighted by Gasteiger charge is 2.20. The zero-order valence-corrected chi connectivity index (χ0v) is 21.4. The molecule has 2 nitrogen and oxygen atoms in total. The first-order chi connectivity index (χ1) is 16.3. The van der Waals surface area contributed by atoms with E-state index in [-0.39, 0.29) is 0 Å². The van der Waals surface area contributed by atoms with Gasteiger partial charge in [-0.1, -0.05) is 78.3 Å². The minimum Gasteiger partial charge on any atom is -0.386 e. The van der Waals surface area contributed by atoms with E-state index in [0.29, 0.717) is 10.3 Å². The van der Waals surface area contributed by atoms with Gasteiger partial charge in [0.2, 0.25) is 0 Å². The van der Waals surface area contributed by atoms with Gasteiger partial charge in [0.15, 0.2) is 0 Å². The van der Waals surface area contributed by atoms with Gasteiger partial charge >= 0.3 is 0 Å². The van der Waals surface area contributed by atoms with E-state index in [1.807, 2.05) is 68.1 Å². The minimum absolute atomic E-state index is 0.379. The van der Waals surface area contributed by atoms with Gasteiger partial charge in [0.1, 0.15) is 0 Å². The Kier molecular flexibility index (Phi) is 7.77. The maximum absolute atomic E-state index is 10.5. The van der Waals surface area contributed by atoms with E-state index in [9.17, 15) is 5.11 Å². The Morgan fingerprint density at radius 3 is 2.56 bits per heavy atom. The Hall–Kier alpha value is -2.59. The van der Waals surface area contributed by atoms with Crippen molar-refractivity contribution in [1.29, 1.82) is 0 Å². The highest BCUT2D eigenvalue weighted by molar-refractivity contribution is 7.98. The van der Waals surface area contributed by atoms with E-state index < -0.39 is 5.60 Å². The standard InChI is InChI=1S/C30H30ClNOS/c1-30(2,33)27-10-5-4-8-22(27)14-18-29(34-3)24-9-6-7-21(19-24)11-16-26-17-13-23-12-15-25(31)20-28(23)32-26/h4-13,15-17,19-20,29,33H,14,18H2,1-3H3/t29-/m1/s1. The van der Waals surface area contributed by atoms with Gasteiger partial charge in [0.05, 0.1) is 16.8 Å². The van der Waals surface area contributed by atoms with Gasteiger partial charge in [-0.05, 0) is 79.5 Å². The number of halogens is 1. The molecule has 0 amide bonds. The Morgan fingerprint density at radius 1 is 0.971 bits per heavy atom. The van der Waals surface area contributed by atoms with Gasteiger partial charge in [-0.3, -0.25) is 0 Å². The fourth-order valence-corrected chi connectivity index (χ4v) is 5.22. The summed E-state index contributed by atoms with van der Waals surface area (Å²) >= 11 is 8.00. The van der Waals surface area contributed by atoms with Crippen LogP contribution in [0.2, 0.25) is 5.02 Å². The monoisotopic (exact) mass is 487 g/mol. The van der Waals surface area contributed by atoms with Crippen LogP contribution in [0.3, 0.4) is 0 Å². The highest BCUT2D eigenvalue weighted by Crippen LogP contribution is 2.34. The molecule has 0 bridgehead atoms. The molecule has 0 aliphatic heterocycles. The largest absolute Gasteiger partial charge is 0.386 e. The molecule has 0 radical (unpaired) electrons. The summed E-state index contributed by atoms with van der Waals surface area (Å²) in [5.74, 6) is 0. The van der Waals surface area contributed by atoms with Gasteiger partial charge in [-0.15, -0.1) is 0 Å². The molecule has 4 aromatic rings. The van der Waals surface area contributed by atoms with Gasteiger partial charge in [-0.2, -0.15) is 11.8 Å². The fourth-order valence-electron chi connectivity index (χ4n) is 4.29.